The van der Waals surface area contributed by atoms with Crippen LogP contribution in [0.4, 0.5) is 0 Å². The molecule has 1 aliphatic carbocycles. The zero-order chi connectivity index (χ0) is 12.6. The molecule has 18 heavy (non-hydrogen) atoms. The van der Waals surface area contributed by atoms with Crippen molar-refractivity contribution in [2.24, 2.45) is 5.92 Å². The number of nitrogens with one attached hydrogen (secondary N) is 1. The fourth-order valence-electron chi connectivity index (χ4n) is 2.98. The first kappa shape index (κ1) is 12.1. The molecular formula is C13H22N4O. The highest BCUT2D eigenvalue weighted by Gasteiger charge is 2.45. The van der Waals surface area contributed by atoms with Gasteiger partial charge in [-0.05, 0) is 32.6 Å². The summed E-state index contributed by atoms with van der Waals surface area (Å²) in [4.78, 5) is 6.64. The molecule has 2 unspecified atom stereocenters. The maximum atomic E-state index is 5.07. The Bertz CT molecular complexity index is 390. The molecule has 1 saturated carbocycles. The van der Waals surface area contributed by atoms with E-state index in [1.807, 2.05) is 0 Å². The average Bonchev–Trinajstić information content (AvgIpc) is 3.10. The van der Waals surface area contributed by atoms with Crippen LogP contribution in [0, 0.1) is 5.92 Å². The van der Waals surface area contributed by atoms with Crippen LogP contribution in [0.5, 0.6) is 0 Å². The molecule has 1 aromatic rings. The van der Waals surface area contributed by atoms with E-state index in [0.717, 1.165) is 37.9 Å². The van der Waals surface area contributed by atoms with E-state index in [2.05, 4.69) is 34.2 Å². The number of hydrogen-bond donors (Lipinski definition) is 1. The lowest BCUT2D eigenvalue weighted by Crippen LogP contribution is -2.63. The smallest absolute Gasteiger partial charge is 0.227 e. The quantitative estimate of drug-likeness (QED) is 0.866. The van der Waals surface area contributed by atoms with Gasteiger partial charge in [-0.15, -0.1) is 0 Å². The van der Waals surface area contributed by atoms with Crippen molar-refractivity contribution in [2.75, 3.05) is 19.6 Å². The number of nitrogens with zero attached hydrogens (tertiary/aromatic N) is 3. The Morgan fingerprint density at radius 2 is 2.39 bits per heavy atom. The molecule has 0 amide bonds. The molecular weight excluding hydrogens is 228 g/mol. The molecule has 0 aromatic carbocycles. The molecule has 0 spiro atoms. The van der Waals surface area contributed by atoms with Crippen LogP contribution in [0.2, 0.25) is 0 Å². The van der Waals surface area contributed by atoms with Crippen LogP contribution in [-0.4, -0.2) is 46.3 Å². The van der Waals surface area contributed by atoms with Gasteiger partial charge in [-0.1, -0.05) is 5.16 Å². The van der Waals surface area contributed by atoms with Crippen LogP contribution < -0.4 is 5.32 Å². The van der Waals surface area contributed by atoms with E-state index in [-0.39, 0.29) is 0 Å². The predicted molar refractivity (Wildman–Crippen MR) is 68.2 cm³/mol. The van der Waals surface area contributed by atoms with Crippen molar-refractivity contribution < 1.29 is 4.52 Å². The summed E-state index contributed by atoms with van der Waals surface area (Å²) in [6, 6.07) is 0.583. The number of hydrogen-bond acceptors (Lipinski definition) is 5. The van der Waals surface area contributed by atoms with Gasteiger partial charge in [0, 0.05) is 37.6 Å². The number of piperazine rings is 1. The molecule has 3 rings (SSSR count). The third-order valence-corrected chi connectivity index (χ3v) is 4.45. The molecule has 2 atom stereocenters. The molecule has 5 nitrogen and oxygen atoms in total. The fraction of sp³-hybridized carbons (Fsp3) is 0.846. The van der Waals surface area contributed by atoms with Crippen molar-refractivity contribution in [3.63, 3.8) is 0 Å². The lowest BCUT2D eigenvalue weighted by atomic mass is 9.91. The standard InChI is InChI=1S/C13H22N4O/c1-10-7-15-13(2,11-3-4-11)8-17(10)6-5-12-14-9-16-18-12/h9-11,15H,3-8H2,1-2H3. The van der Waals surface area contributed by atoms with Crippen LogP contribution in [-0.2, 0) is 6.42 Å². The Morgan fingerprint density at radius 1 is 1.56 bits per heavy atom. The first-order chi connectivity index (χ1) is 8.67. The van der Waals surface area contributed by atoms with Gasteiger partial charge in [-0.25, -0.2) is 0 Å². The summed E-state index contributed by atoms with van der Waals surface area (Å²) in [6.45, 7) is 7.88. The largest absolute Gasteiger partial charge is 0.340 e. The van der Waals surface area contributed by atoms with Gasteiger partial charge in [-0.2, -0.15) is 4.98 Å². The van der Waals surface area contributed by atoms with E-state index in [0.29, 0.717) is 11.6 Å². The van der Waals surface area contributed by atoms with Crippen molar-refractivity contribution in [3.05, 3.63) is 12.2 Å². The van der Waals surface area contributed by atoms with Gasteiger partial charge < -0.3 is 9.84 Å². The summed E-state index contributed by atoms with van der Waals surface area (Å²) in [6.07, 6.45) is 5.10. The molecule has 2 aliphatic rings. The first-order valence-electron chi connectivity index (χ1n) is 6.92. The first-order valence-corrected chi connectivity index (χ1v) is 6.92. The predicted octanol–water partition coefficient (Wildman–Crippen LogP) is 1.07. The minimum absolute atomic E-state index is 0.307. The SMILES string of the molecule is CC1CNC(C)(C2CC2)CN1CCc1ncno1. The molecule has 1 aromatic heterocycles. The van der Waals surface area contributed by atoms with Crippen molar-refractivity contribution in [1.29, 1.82) is 0 Å². The van der Waals surface area contributed by atoms with Gasteiger partial charge >= 0.3 is 0 Å². The maximum absolute atomic E-state index is 5.07. The van der Waals surface area contributed by atoms with Gasteiger partial charge in [0.2, 0.25) is 5.89 Å². The third kappa shape index (κ3) is 2.42. The minimum Gasteiger partial charge on any atom is -0.340 e. The van der Waals surface area contributed by atoms with Crippen molar-refractivity contribution in [1.82, 2.24) is 20.4 Å². The molecule has 1 aliphatic heterocycles. The normalized spacial score (nSPS) is 33.8. The van der Waals surface area contributed by atoms with Crippen molar-refractivity contribution in [2.45, 2.75) is 44.7 Å². The van der Waals surface area contributed by atoms with Gasteiger partial charge in [0.15, 0.2) is 6.33 Å². The Balaban J connectivity index is 1.59. The summed E-state index contributed by atoms with van der Waals surface area (Å²) in [7, 11) is 0. The van der Waals surface area contributed by atoms with Crippen LogP contribution >= 0.6 is 0 Å². The van der Waals surface area contributed by atoms with Crippen molar-refractivity contribution >= 4 is 0 Å². The van der Waals surface area contributed by atoms with Crippen LogP contribution in [0.25, 0.3) is 0 Å². The van der Waals surface area contributed by atoms with Crippen LogP contribution in [0.3, 0.4) is 0 Å². The zero-order valence-corrected chi connectivity index (χ0v) is 11.2. The maximum Gasteiger partial charge on any atom is 0.227 e. The number of aromatic nitrogens is 2. The Hall–Kier alpha value is -0.940. The van der Waals surface area contributed by atoms with Crippen LogP contribution in [0.15, 0.2) is 10.9 Å². The van der Waals surface area contributed by atoms with E-state index in [9.17, 15) is 0 Å². The van der Waals surface area contributed by atoms with Gasteiger partial charge in [-0.3, -0.25) is 4.90 Å². The van der Waals surface area contributed by atoms with E-state index < -0.39 is 0 Å². The second-order valence-corrected chi connectivity index (χ2v) is 5.98. The van der Waals surface area contributed by atoms with Gasteiger partial charge in [0.05, 0.1) is 0 Å². The van der Waals surface area contributed by atoms with E-state index in [1.165, 1.54) is 19.2 Å². The molecule has 5 heteroatoms. The highest BCUT2D eigenvalue weighted by Crippen LogP contribution is 2.41. The summed E-state index contributed by atoms with van der Waals surface area (Å²) in [5.41, 5.74) is 0.307. The molecule has 1 saturated heterocycles. The fourth-order valence-corrected chi connectivity index (χ4v) is 2.98. The third-order valence-electron chi connectivity index (χ3n) is 4.45. The monoisotopic (exact) mass is 250 g/mol. The highest BCUT2D eigenvalue weighted by molar-refractivity contribution is 5.03. The molecule has 100 valence electrons. The molecule has 2 heterocycles. The topological polar surface area (TPSA) is 54.2 Å². The minimum atomic E-state index is 0.307. The van der Waals surface area contributed by atoms with Gasteiger partial charge in [0.1, 0.15) is 0 Å². The Kier molecular flexibility index (Phi) is 3.11. The second-order valence-electron chi connectivity index (χ2n) is 5.98. The van der Waals surface area contributed by atoms with E-state index in [4.69, 9.17) is 4.52 Å². The average molecular weight is 250 g/mol. The lowest BCUT2D eigenvalue weighted by molar-refractivity contribution is 0.0824. The highest BCUT2D eigenvalue weighted by atomic mass is 16.5. The Labute approximate surface area is 108 Å². The van der Waals surface area contributed by atoms with Crippen molar-refractivity contribution in [3.8, 4) is 0 Å². The summed E-state index contributed by atoms with van der Waals surface area (Å²) >= 11 is 0. The molecule has 2 fully saturated rings. The Morgan fingerprint density at radius 3 is 3.06 bits per heavy atom. The summed E-state index contributed by atoms with van der Waals surface area (Å²) in [5, 5.41) is 7.39. The molecule has 1 N–H and O–H groups in total. The summed E-state index contributed by atoms with van der Waals surface area (Å²) < 4.78 is 5.07. The zero-order valence-electron chi connectivity index (χ0n) is 11.2. The lowest BCUT2D eigenvalue weighted by Gasteiger charge is -2.45. The van der Waals surface area contributed by atoms with E-state index >= 15 is 0 Å². The number of rotatable bonds is 4. The molecule has 0 bridgehead atoms. The van der Waals surface area contributed by atoms with Crippen LogP contribution in [0.1, 0.15) is 32.6 Å². The molecule has 0 radical (unpaired) electrons. The summed E-state index contributed by atoms with van der Waals surface area (Å²) in [5.74, 6) is 1.62. The van der Waals surface area contributed by atoms with Gasteiger partial charge in [0.25, 0.3) is 0 Å². The second kappa shape index (κ2) is 4.63. The van der Waals surface area contributed by atoms with E-state index in [1.54, 1.807) is 0 Å².